The molecular weight excluding hydrogens is 268 g/mol. The van der Waals surface area contributed by atoms with Crippen LogP contribution < -0.4 is 5.32 Å². The van der Waals surface area contributed by atoms with E-state index in [0.717, 1.165) is 19.4 Å². The summed E-state index contributed by atoms with van der Waals surface area (Å²) in [4.78, 5) is 25.2. The van der Waals surface area contributed by atoms with Gasteiger partial charge in [0, 0.05) is 19.1 Å². The van der Waals surface area contributed by atoms with Gasteiger partial charge < -0.3 is 10.4 Å². The zero-order chi connectivity index (χ0) is 14.9. The van der Waals surface area contributed by atoms with Gasteiger partial charge in [0.1, 0.15) is 0 Å². The molecule has 2 aliphatic carbocycles. The molecule has 1 atom stereocenters. The molecule has 0 aromatic carbocycles. The SMILES string of the molecule is O=C(O)CC1C(=O)NCCN1C1CCC2(CCCC2)CC1. The molecule has 5 nitrogen and oxygen atoms in total. The second-order valence-electron chi connectivity index (χ2n) is 7.08. The summed E-state index contributed by atoms with van der Waals surface area (Å²) in [5.41, 5.74) is 0.580. The van der Waals surface area contributed by atoms with Gasteiger partial charge in [-0.2, -0.15) is 0 Å². The number of aliphatic carboxylic acids is 1. The van der Waals surface area contributed by atoms with Gasteiger partial charge in [-0.25, -0.2) is 0 Å². The average Bonchev–Trinajstić information content (AvgIpc) is 2.90. The summed E-state index contributed by atoms with van der Waals surface area (Å²) in [5.74, 6) is -0.991. The van der Waals surface area contributed by atoms with Gasteiger partial charge in [0.15, 0.2) is 0 Å². The number of carboxylic acids is 1. The summed E-state index contributed by atoms with van der Waals surface area (Å²) in [6.45, 7) is 1.44. The highest BCUT2D eigenvalue weighted by Gasteiger charge is 2.42. The number of carbonyl (C=O) groups is 2. The molecule has 3 rings (SSSR count). The lowest BCUT2D eigenvalue weighted by atomic mass is 9.71. The Morgan fingerprint density at radius 3 is 2.52 bits per heavy atom. The van der Waals surface area contributed by atoms with Gasteiger partial charge in [0.25, 0.3) is 0 Å². The largest absolute Gasteiger partial charge is 0.481 e. The number of carboxylic acid groups (broad SMARTS) is 1. The topological polar surface area (TPSA) is 69.6 Å². The highest BCUT2D eigenvalue weighted by atomic mass is 16.4. The second kappa shape index (κ2) is 5.95. The Hall–Kier alpha value is -1.10. The highest BCUT2D eigenvalue weighted by Crippen LogP contribution is 2.49. The molecular formula is C16H26N2O3. The van der Waals surface area contributed by atoms with Crippen molar-refractivity contribution in [3.05, 3.63) is 0 Å². The standard InChI is InChI=1S/C16H26N2O3/c19-14(20)11-13-15(21)17-9-10-18(13)12-3-7-16(8-4-12)5-1-2-6-16/h12-13H,1-11H2,(H,17,21)(H,19,20). The van der Waals surface area contributed by atoms with Gasteiger partial charge in [-0.05, 0) is 43.9 Å². The van der Waals surface area contributed by atoms with Crippen LogP contribution in [0.4, 0.5) is 0 Å². The Kier molecular flexibility index (Phi) is 4.20. The fraction of sp³-hybridized carbons (Fsp3) is 0.875. The summed E-state index contributed by atoms with van der Waals surface area (Å²) in [5, 5.41) is 11.9. The van der Waals surface area contributed by atoms with Crippen molar-refractivity contribution < 1.29 is 14.7 Å². The van der Waals surface area contributed by atoms with Crippen molar-refractivity contribution in [2.24, 2.45) is 5.41 Å². The molecule has 3 aliphatic rings. The van der Waals surface area contributed by atoms with Crippen LogP contribution in [0.3, 0.4) is 0 Å². The minimum Gasteiger partial charge on any atom is -0.481 e. The predicted octanol–water partition coefficient (Wildman–Crippen LogP) is 1.76. The molecule has 2 N–H and O–H groups in total. The predicted molar refractivity (Wildman–Crippen MR) is 78.9 cm³/mol. The Morgan fingerprint density at radius 2 is 1.90 bits per heavy atom. The number of hydrogen-bond acceptors (Lipinski definition) is 3. The van der Waals surface area contributed by atoms with Crippen molar-refractivity contribution in [2.45, 2.75) is 69.9 Å². The van der Waals surface area contributed by atoms with Crippen molar-refractivity contribution in [1.82, 2.24) is 10.2 Å². The maximum absolute atomic E-state index is 12.0. The summed E-state index contributed by atoms with van der Waals surface area (Å²) in [7, 11) is 0. The molecule has 0 bridgehead atoms. The maximum Gasteiger partial charge on any atom is 0.305 e. The van der Waals surface area contributed by atoms with E-state index in [9.17, 15) is 9.59 Å². The lowest BCUT2D eigenvalue weighted by Crippen LogP contribution is -2.59. The molecule has 1 unspecified atom stereocenters. The second-order valence-corrected chi connectivity index (χ2v) is 7.08. The van der Waals surface area contributed by atoms with E-state index in [1.165, 1.54) is 38.5 Å². The van der Waals surface area contributed by atoms with Crippen molar-refractivity contribution in [3.63, 3.8) is 0 Å². The summed E-state index contributed by atoms with van der Waals surface area (Å²) < 4.78 is 0. The Balaban J connectivity index is 1.64. The molecule has 1 amide bonds. The highest BCUT2D eigenvalue weighted by molar-refractivity contribution is 5.86. The number of hydrogen-bond donors (Lipinski definition) is 2. The molecule has 21 heavy (non-hydrogen) atoms. The molecule has 5 heteroatoms. The van der Waals surface area contributed by atoms with E-state index in [2.05, 4.69) is 10.2 Å². The molecule has 1 aliphatic heterocycles. The van der Waals surface area contributed by atoms with E-state index in [1.54, 1.807) is 0 Å². The average molecular weight is 294 g/mol. The first-order chi connectivity index (χ1) is 10.1. The van der Waals surface area contributed by atoms with Gasteiger partial charge >= 0.3 is 5.97 Å². The number of nitrogens with one attached hydrogen (secondary N) is 1. The zero-order valence-corrected chi connectivity index (χ0v) is 12.6. The maximum atomic E-state index is 12.0. The van der Waals surface area contributed by atoms with E-state index in [0.29, 0.717) is 18.0 Å². The molecule has 0 radical (unpaired) electrons. The molecule has 1 spiro atoms. The molecule has 3 fully saturated rings. The number of nitrogens with zero attached hydrogens (tertiary/aromatic N) is 1. The summed E-state index contributed by atoms with van der Waals surface area (Å²) in [6, 6.07) is -0.0782. The molecule has 1 heterocycles. The minimum absolute atomic E-state index is 0.0759. The van der Waals surface area contributed by atoms with Crippen LogP contribution in [0.2, 0.25) is 0 Å². The number of amides is 1. The fourth-order valence-corrected chi connectivity index (χ4v) is 4.72. The van der Waals surface area contributed by atoms with Crippen molar-refractivity contribution in [3.8, 4) is 0 Å². The third-order valence-corrected chi connectivity index (χ3v) is 5.89. The number of rotatable bonds is 3. The van der Waals surface area contributed by atoms with E-state index in [-0.39, 0.29) is 12.3 Å². The molecule has 118 valence electrons. The first-order valence-corrected chi connectivity index (χ1v) is 8.35. The van der Waals surface area contributed by atoms with Crippen molar-refractivity contribution >= 4 is 11.9 Å². The van der Waals surface area contributed by atoms with Crippen LogP contribution in [-0.2, 0) is 9.59 Å². The lowest BCUT2D eigenvalue weighted by Gasteiger charge is -2.45. The zero-order valence-electron chi connectivity index (χ0n) is 12.6. The van der Waals surface area contributed by atoms with Gasteiger partial charge in [-0.1, -0.05) is 12.8 Å². The Morgan fingerprint density at radius 1 is 1.24 bits per heavy atom. The van der Waals surface area contributed by atoms with E-state index in [1.807, 2.05) is 0 Å². The van der Waals surface area contributed by atoms with E-state index in [4.69, 9.17) is 5.11 Å². The first kappa shape index (κ1) is 14.8. The lowest BCUT2D eigenvalue weighted by molar-refractivity contribution is -0.144. The van der Waals surface area contributed by atoms with Crippen molar-refractivity contribution in [1.29, 1.82) is 0 Å². The number of carbonyl (C=O) groups excluding carboxylic acids is 1. The summed E-state index contributed by atoms with van der Waals surface area (Å²) in [6.07, 6.45) is 10.2. The van der Waals surface area contributed by atoms with Crippen LogP contribution in [-0.4, -0.2) is 47.1 Å². The van der Waals surface area contributed by atoms with E-state index >= 15 is 0 Å². The molecule has 1 saturated heterocycles. The quantitative estimate of drug-likeness (QED) is 0.832. The number of piperazine rings is 1. The first-order valence-electron chi connectivity index (χ1n) is 8.35. The smallest absolute Gasteiger partial charge is 0.305 e. The normalized spacial score (nSPS) is 30.5. The molecule has 0 aromatic rings. The van der Waals surface area contributed by atoms with Crippen LogP contribution in [0.5, 0.6) is 0 Å². The van der Waals surface area contributed by atoms with Crippen molar-refractivity contribution in [2.75, 3.05) is 13.1 Å². The van der Waals surface area contributed by atoms with Crippen LogP contribution >= 0.6 is 0 Å². The van der Waals surface area contributed by atoms with Crippen LogP contribution in [0.25, 0.3) is 0 Å². The van der Waals surface area contributed by atoms with Gasteiger partial charge in [0.05, 0.1) is 12.5 Å². The third kappa shape index (κ3) is 3.07. The summed E-state index contributed by atoms with van der Waals surface area (Å²) >= 11 is 0. The minimum atomic E-state index is -0.884. The van der Waals surface area contributed by atoms with Gasteiger partial charge in [0.2, 0.25) is 5.91 Å². The Labute approximate surface area is 126 Å². The van der Waals surface area contributed by atoms with Crippen LogP contribution in [0.15, 0.2) is 0 Å². The van der Waals surface area contributed by atoms with E-state index < -0.39 is 12.0 Å². The van der Waals surface area contributed by atoms with Crippen LogP contribution in [0, 0.1) is 5.41 Å². The fourth-order valence-electron chi connectivity index (χ4n) is 4.72. The van der Waals surface area contributed by atoms with Crippen LogP contribution in [0.1, 0.15) is 57.8 Å². The molecule has 2 saturated carbocycles. The van der Waals surface area contributed by atoms with Gasteiger partial charge in [-0.3, -0.25) is 14.5 Å². The Bertz CT molecular complexity index is 408. The molecule has 0 aromatic heterocycles. The van der Waals surface area contributed by atoms with Gasteiger partial charge in [-0.15, -0.1) is 0 Å². The third-order valence-electron chi connectivity index (χ3n) is 5.89. The monoisotopic (exact) mass is 294 g/mol.